The summed E-state index contributed by atoms with van der Waals surface area (Å²) in [5, 5.41) is 1.07. The third kappa shape index (κ3) is 4.84. The number of hydrogen-bond acceptors (Lipinski definition) is 5. The smallest absolute Gasteiger partial charge is 0.306 e. The van der Waals surface area contributed by atoms with Gasteiger partial charge in [-0.2, -0.15) is 0 Å². The Hall–Kier alpha value is -2.99. The zero-order valence-electron chi connectivity index (χ0n) is 15.1. The van der Waals surface area contributed by atoms with E-state index in [1.54, 1.807) is 25.3 Å². The second-order valence-corrected chi connectivity index (χ2v) is 6.45. The van der Waals surface area contributed by atoms with Crippen LogP contribution in [0.15, 0.2) is 48.5 Å². The van der Waals surface area contributed by atoms with Gasteiger partial charge >= 0.3 is 5.97 Å². The van der Waals surface area contributed by atoms with Crippen LogP contribution in [0.4, 0.5) is 4.39 Å². The number of hydrogen-bond donors (Lipinski definition) is 0. The average molecular weight is 402 g/mol. The molecule has 0 spiro atoms. The summed E-state index contributed by atoms with van der Waals surface area (Å²) < 4.78 is 23.3. The summed E-state index contributed by atoms with van der Waals surface area (Å²) >= 11 is 6.17. The Morgan fingerprint density at radius 1 is 1.07 bits per heavy atom. The Labute approximate surface area is 166 Å². The van der Waals surface area contributed by atoms with Crippen LogP contribution in [0, 0.1) is 5.82 Å². The van der Waals surface area contributed by atoms with Crippen molar-refractivity contribution < 1.29 is 23.5 Å². The summed E-state index contributed by atoms with van der Waals surface area (Å²) in [7, 11) is 1.57. The normalized spacial score (nSPS) is 10.7. The second kappa shape index (κ2) is 8.80. The minimum absolute atomic E-state index is 0.0199. The Bertz CT molecular complexity index is 1020. The SMILES string of the molecule is COc1ccc2cc(COC(=O)CCC(=O)c3ccc(F)cc3)c(Cl)nc2c1. The van der Waals surface area contributed by atoms with E-state index < -0.39 is 11.8 Å². The van der Waals surface area contributed by atoms with Crippen LogP contribution >= 0.6 is 11.6 Å². The quantitative estimate of drug-likeness (QED) is 0.325. The van der Waals surface area contributed by atoms with Crippen LogP contribution in [0.1, 0.15) is 28.8 Å². The third-order valence-electron chi connectivity index (χ3n) is 4.16. The van der Waals surface area contributed by atoms with Crippen molar-refractivity contribution in [1.29, 1.82) is 0 Å². The van der Waals surface area contributed by atoms with Gasteiger partial charge in [-0.25, -0.2) is 9.37 Å². The molecule has 0 aliphatic carbocycles. The molecule has 7 heteroatoms. The van der Waals surface area contributed by atoms with E-state index in [4.69, 9.17) is 21.1 Å². The molecule has 0 bridgehead atoms. The number of ketones is 1. The van der Waals surface area contributed by atoms with Gasteiger partial charge in [-0.3, -0.25) is 9.59 Å². The van der Waals surface area contributed by atoms with Crippen LogP contribution in [0.5, 0.6) is 5.75 Å². The van der Waals surface area contributed by atoms with Crippen molar-refractivity contribution in [2.24, 2.45) is 0 Å². The summed E-state index contributed by atoms with van der Waals surface area (Å²) in [5.74, 6) is -0.533. The lowest BCUT2D eigenvalue weighted by Gasteiger charge is -2.09. The van der Waals surface area contributed by atoms with Crippen LogP contribution in [0.2, 0.25) is 5.15 Å². The molecule has 0 aliphatic heterocycles. The lowest BCUT2D eigenvalue weighted by Crippen LogP contribution is -2.09. The van der Waals surface area contributed by atoms with Crippen LogP contribution in [-0.4, -0.2) is 23.8 Å². The fourth-order valence-electron chi connectivity index (χ4n) is 2.62. The lowest BCUT2D eigenvalue weighted by atomic mass is 10.1. The number of benzene rings is 2. The lowest BCUT2D eigenvalue weighted by molar-refractivity contribution is -0.144. The first-order valence-electron chi connectivity index (χ1n) is 8.54. The van der Waals surface area contributed by atoms with Gasteiger partial charge in [0.15, 0.2) is 5.78 Å². The molecule has 0 atom stereocenters. The topological polar surface area (TPSA) is 65.5 Å². The van der Waals surface area contributed by atoms with Gasteiger partial charge in [0, 0.05) is 29.0 Å². The molecule has 0 saturated heterocycles. The third-order valence-corrected chi connectivity index (χ3v) is 4.49. The van der Waals surface area contributed by atoms with Crippen molar-refractivity contribution in [3.05, 3.63) is 70.6 Å². The maximum Gasteiger partial charge on any atom is 0.306 e. The highest BCUT2D eigenvalue weighted by Gasteiger charge is 2.12. The van der Waals surface area contributed by atoms with E-state index in [1.807, 2.05) is 6.07 Å². The molecule has 3 aromatic rings. The van der Waals surface area contributed by atoms with Crippen molar-refractivity contribution in [3.8, 4) is 5.75 Å². The van der Waals surface area contributed by atoms with Crippen LogP contribution in [0.25, 0.3) is 10.9 Å². The number of methoxy groups -OCH3 is 1. The minimum Gasteiger partial charge on any atom is -0.497 e. The molecule has 144 valence electrons. The molecule has 0 saturated carbocycles. The monoisotopic (exact) mass is 401 g/mol. The summed E-state index contributed by atoms with van der Waals surface area (Å²) in [4.78, 5) is 28.3. The molecule has 0 aliphatic rings. The van der Waals surface area contributed by atoms with Gasteiger partial charge in [0.25, 0.3) is 0 Å². The first-order valence-corrected chi connectivity index (χ1v) is 8.91. The largest absolute Gasteiger partial charge is 0.497 e. The molecule has 0 radical (unpaired) electrons. The molecule has 1 aromatic heterocycles. The fourth-order valence-corrected chi connectivity index (χ4v) is 2.82. The van der Waals surface area contributed by atoms with Gasteiger partial charge in [-0.05, 0) is 42.5 Å². The molecular weight excluding hydrogens is 385 g/mol. The number of esters is 1. The van der Waals surface area contributed by atoms with Crippen molar-refractivity contribution in [2.45, 2.75) is 19.4 Å². The highest BCUT2D eigenvalue weighted by atomic mass is 35.5. The Balaban J connectivity index is 1.57. The molecular formula is C21H17ClFNO4. The van der Waals surface area contributed by atoms with E-state index in [9.17, 15) is 14.0 Å². The minimum atomic E-state index is -0.527. The van der Waals surface area contributed by atoms with Crippen molar-refractivity contribution in [1.82, 2.24) is 4.98 Å². The molecule has 1 heterocycles. The summed E-state index contributed by atoms with van der Waals surface area (Å²) in [6.45, 7) is -0.0443. The average Bonchev–Trinajstić information content (AvgIpc) is 2.70. The Morgan fingerprint density at radius 3 is 2.54 bits per heavy atom. The molecule has 5 nitrogen and oxygen atoms in total. The van der Waals surface area contributed by atoms with Gasteiger partial charge in [-0.1, -0.05) is 11.6 Å². The maximum atomic E-state index is 12.9. The molecule has 3 rings (SSSR count). The van der Waals surface area contributed by atoms with E-state index in [1.165, 1.54) is 24.3 Å². The van der Waals surface area contributed by atoms with E-state index in [0.29, 0.717) is 22.4 Å². The number of Topliss-reactive ketones (excluding diaryl/α,β-unsaturated/α-hetero) is 1. The van der Waals surface area contributed by atoms with Gasteiger partial charge in [0.1, 0.15) is 23.3 Å². The standard InChI is InChI=1S/C21H17ClFNO4/c1-27-17-7-4-14-10-15(21(22)24-18(14)11-17)12-28-20(26)9-8-19(25)13-2-5-16(23)6-3-13/h2-7,10-11H,8-9,12H2,1H3. The van der Waals surface area contributed by atoms with Gasteiger partial charge in [0.05, 0.1) is 19.0 Å². The molecule has 28 heavy (non-hydrogen) atoms. The highest BCUT2D eigenvalue weighted by Crippen LogP contribution is 2.24. The first kappa shape index (κ1) is 19.8. The summed E-state index contributed by atoms with van der Waals surface area (Å²) in [6, 6.07) is 12.4. The molecule has 0 unspecified atom stereocenters. The molecule has 0 fully saturated rings. The zero-order valence-corrected chi connectivity index (χ0v) is 15.8. The Morgan fingerprint density at radius 2 is 1.82 bits per heavy atom. The molecule has 2 aromatic carbocycles. The fraction of sp³-hybridized carbons (Fsp3) is 0.190. The number of fused-ring (bicyclic) bond motifs is 1. The van der Waals surface area contributed by atoms with E-state index >= 15 is 0 Å². The Kier molecular flexibility index (Phi) is 6.21. The number of carbonyl (C=O) groups is 2. The van der Waals surface area contributed by atoms with E-state index in [0.717, 1.165) is 5.39 Å². The van der Waals surface area contributed by atoms with E-state index in [2.05, 4.69) is 4.98 Å². The van der Waals surface area contributed by atoms with Gasteiger partial charge in [0.2, 0.25) is 0 Å². The van der Waals surface area contributed by atoms with Gasteiger partial charge in [-0.15, -0.1) is 0 Å². The first-order chi connectivity index (χ1) is 13.5. The van der Waals surface area contributed by atoms with Gasteiger partial charge < -0.3 is 9.47 Å². The van der Waals surface area contributed by atoms with Crippen molar-refractivity contribution >= 4 is 34.3 Å². The number of pyridine rings is 1. The number of aromatic nitrogens is 1. The molecule has 0 amide bonds. The second-order valence-electron chi connectivity index (χ2n) is 6.09. The number of halogens is 2. The number of rotatable bonds is 7. The molecule has 0 N–H and O–H groups in total. The van der Waals surface area contributed by atoms with Crippen LogP contribution in [-0.2, 0) is 16.1 Å². The maximum absolute atomic E-state index is 12.9. The predicted octanol–water partition coefficient (Wildman–Crippen LogP) is 4.74. The van der Waals surface area contributed by atoms with Crippen LogP contribution in [0.3, 0.4) is 0 Å². The number of nitrogens with zero attached hydrogens (tertiary/aromatic N) is 1. The van der Waals surface area contributed by atoms with Crippen molar-refractivity contribution in [3.63, 3.8) is 0 Å². The predicted molar refractivity (Wildman–Crippen MR) is 103 cm³/mol. The van der Waals surface area contributed by atoms with E-state index in [-0.39, 0.29) is 30.4 Å². The number of carbonyl (C=O) groups excluding carboxylic acids is 2. The van der Waals surface area contributed by atoms with Crippen molar-refractivity contribution in [2.75, 3.05) is 7.11 Å². The summed E-state index contributed by atoms with van der Waals surface area (Å²) in [5.41, 5.74) is 1.59. The zero-order chi connectivity index (χ0) is 20.1. The number of ether oxygens (including phenoxy) is 2. The highest BCUT2D eigenvalue weighted by molar-refractivity contribution is 6.30. The summed E-state index contributed by atoms with van der Waals surface area (Å²) in [6.07, 6.45) is -0.0972. The van der Waals surface area contributed by atoms with Crippen LogP contribution < -0.4 is 4.74 Å².